The predicted molar refractivity (Wildman–Crippen MR) is 92.3 cm³/mol. The first-order valence-corrected chi connectivity index (χ1v) is 8.69. The molecule has 1 saturated heterocycles. The van der Waals surface area contributed by atoms with Crippen LogP contribution in [0.2, 0.25) is 0 Å². The fraction of sp³-hybridized carbons (Fsp3) is 0.444. The monoisotopic (exact) mass is 339 g/mol. The number of carbonyl (C=O) groups excluding carboxylic acids is 2. The first-order valence-electron chi connectivity index (χ1n) is 8.69. The molecule has 2 aliphatic rings. The molecular formula is C18H21N5O2. The number of nitrogens with zero attached hydrogens (tertiary/aromatic N) is 4. The zero-order valence-corrected chi connectivity index (χ0v) is 14.2. The molecule has 0 unspecified atom stereocenters. The van der Waals surface area contributed by atoms with E-state index < -0.39 is 0 Å². The van der Waals surface area contributed by atoms with Crippen molar-refractivity contribution in [3.8, 4) is 0 Å². The molecule has 2 heterocycles. The summed E-state index contributed by atoms with van der Waals surface area (Å²) < 4.78 is 1.92. The molecule has 1 aliphatic heterocycles. The molecule has 7 heteroatoms. The minimum Gasteiger partial charge on any atom is -0.336 e. The summed E-state index contributed by atoms with van der Waals surface area (Å²) in [5, 5.41) is 11.2. The quantitative estimate of drug-likeness (QED) is 0.926. The minimum atomic E-state index is -0.125. The molecule has 2 amide bonds. The van der Waals surface area contributed by atoms with Crippen molar-refractivity contribution in [1.29, 1.82) is 0 Å². The van der Waals surface area contributed by atoms with E-state index in [1.807, 2.05) is 15.8 Å². The number of amides is 2. The number of benzene rings is 1. The van der Waals surface area contributed by atoms with Crippen molar-refractivity contribution in [2.45, 2.75) is 38.1 Å². The largest absolute Gasteiger partial charge is 0.336 e. The van der Waals surface area contributed by atoms with Crippen molar-refractivity contribution in [3.05, 3.63) is 41.7 Å². The van der Waals surface area contributed by atoms with Gasteiger partial charge in [0.2, 0.25) is 5.91 Å². The molecule has 1 N–H and O–H groups in total. The Hall–Kier alpha value is -2.70. The normalized spacial score (nSPS) is 19.9. The standard InChI is InChI=1S/C18H21N5O2/c1-12(24)19-15-6-4-14(5-7-15)18(25)22-9-8-16(10-22)23-11-17(20-21-23)13-2-3-13/h4-7,11,13,16H,2-3,8-10H2,1H3,(H,19,24)/t16-/m1/s1. The molecule has 1 saturated carbocycles. The molecule has 0 bridgehead atoms. The van der Waals surface area contributed by atoms with Gasteiger partial charge < -0.3 is 10.2 Å². The van der Waals surface area contributed by atoms with E-state index in [4.69, 9.17) is 0 Å². The number of rotatable bonds is 4. The second-order valence-electron chi connectivity index (χ2n) is 6.85. The van der Waals surface area contributed by atoms with Crippen molar-refractivity contribution in [2.24, 2.45) is 0 Å². The van der Waals surface area contributed by atoms with Crippen LogP contribution in [0.1, 0.15) is 54.2 Å². The van der Waals surface area contributed by atoms with Gasteiger partial charge in [0.1, 0.15) is 0 Å². The van der Waals surface area contributed by atoms with Crippen molar-refractivity contribution in [3.63, 3.8) is 0 Å². The van der Waals surface area contributed by atoms with Gasteiger partial charge in [-0.3, -0.25) is 9.59 Å². The van der Waals surface area contributed by atoms with Crippen LogP contribution in [0.5, 0.6) is 0 Å². The third kappa shape index (κ3) is 3.40. The maximum atomic E-state index is 12.7. The third-order valence-electron chi connectivity index (χ3n) is 4.80. The lowest BCUT2D eigenvalue weighted by molar-refractivity contribution is -0.114. The summed E-state index contributed by atoms with van der Waals surface area (Å²) in [4.78, 5) is 25.6. The average Bonchev–Trinajstić information content (AvgIpc) is 3.13. The Kier molecular flexibility index (Phi) is 3.99. The van der Waals surface area contributed by atoms with Gasteiger partial charge in [-0.15, -0.1) is 5.10 Å². The highest BCUT2D eigenvalue weighted by atomic mass is 16.2. The van der Waals surface area contributed by atoms with Crippen molar-refractivity contribution < 1.29 is 9.59 Å². The Bertz CT molecular complexity index is 794. The van der Waals surface area contributed by atoms with Gasteiger partial charge in [-0.05, 0) is 43.5 Å². The Morgan fingerprint density at radius 1 is 1.16 bits per heavy atom. The van der Waals surface area contributed by atoms with Gasteiger partial charge in [0.05, 0.1) is 11.7 Å². The molecule has 2 aromatic rings. The highest BCUT2D eigenvalue weighted by Gasteiger charge is 2.31. The smallest absolute Gasteiger partial charge is 0.253 e. The van der Waals surface area contributed by atoms with Gasteiger partial charge >= 0.3 is 0 Å². The van der Waals surface area contributed by atoms with Gasteiger partial charge in [-0.2, -0.15) is 0 Å². The summed E-state index contributed by atoms with van der Waals surface area (Å²) >= 11 is 0. The van der Waals surface area contributed by atoms with E-state index in [9.17, 15) is 9.59 Å². The predicted octanol–water partition coefficient (Wildman–Crippen LogP) is 2.20. The van der Waals surface area contributed by atoms with E-state index in [0.29, 0.717) is 23.7 Å². The van der Waals surface area contributed by atoms with E-state index >= 15 is 0 Å². The molecular weight excluding hydrogens is 318 g/mol. The lowest BCUT2D eigenvalue weighted by Gasteiger charge is -2.16. The van der Waals surface area contributed by atoms with Crippen LogP contribution in [-0.2, 0) is 4.79 Å². The van der Waals surface area contributed by atoms with Crippen molar-refractivity contribution >= 4 is 17.5 Å². The zero-order chi connectivity index (χ0) is 17.4. The van der Waals surface area contributed by atoms with Crippen molar-refractivity contribution in [1.82, 2.24) is 19.9 Å². The fourth-order valence-electron chi connectivity index (χ4n) is 3.26. The molecule has 0 spiro atoms. The second kappa shape index (κ2) is 6.31. The SMILES string of the molecule is CC(=O)Nc1ccc(C(=O)N2CC[C@@H](n3cc(C4CC4)nn3)C2)cc1. The molecule has 0 radical (unpaired) electrons. The molecule has 1 aliphatic carbocycles. The number of hydrogen-bond donors (Lipinski definition) is 1. The summed E-state index contributed by atoms with van der Waals surface area (Å²) in [7, 11) is 0. The van der Waals surface area contributed by atoms with Crippen LogP contribution in [0.3, 0.4) is 0 Å². The van der Waals surface area contributed by atoms with E-state index in [1.54, 1.807) is 24.3 Å². The van der Waals surface area contributed by atoms with Crippen LogP contribution in [0.15, 0.2) is 30.5 Å². The summed E-state index contributed by atoms with van der Waals surface area (Å²) in [6.45, 7) is 2.83. The van der Waals surface area contributed by atoms with Crippen LogP contribution >= 0.6 is 0 Å². The molecule has 2 fully saturated rings. The fourth-order valence-corrected chi connectivity index (χ4v) is 3.26. The highest BCUT2D eigenvalue weighted by molar-refractivity contribution is 5.95. The lowest BCUT2D eigenvalue weighted by Crippen LogP contribution is -2.29. The molecule has 1 aromatic carbocycles. The first kappa shape index (κ1) is 15.8. The number of anilines is 1. The molecule has 1 atom stereocenters. The zero-order valence-electron chi connectivity index (χ0n) is 14.2. The number of likely N-dealkylation sites (tertiary alicyclic amines) is 1. The second-order valence-corrected chi connectivity index (χ2v) is 6.85. The Labute approximate surface area is 146 Å². The van der Waals surface area contributed by atoms with Crippen LogP contribution in [0.4, 0.5) is 5.69 Å². The van der Waals surface area contributed by atoms with Gasteiger partial charge in [-0.1, -0.05) is 5.21 Å². The van der Waals surface area contributed by atoms with Crippen LogP contribution < -0.4 is 5.32 Å². The van der Waals surface area contributed by atoms with E-state index in [2.05, 4.69) is 15.6 Å². The van der Waals surface area contributed by atoms with Gasteiger partial charge in [0.15, 0.2) is 0 Å². The first-order chi connectivity index (χ1) is 12.1. The highest BCUT2D eigenvalue weighted by Crippen LogP contribution is 2.39. The Morgan fingerprint density at radius 3 is 2.60 bits per heavy atom. The number of nitrogens with one attached hydrogen (secondary N) is 1. The van der Waals surface area contributed by atoms with Crippen LogP contribution in [0.25, 0.3) is 0 Å². The van der Waals surface area contributed by atoms with Gasteiger partial charge in [-0.25, -0.2) is 4.68 Å². The Balaban J connectivity index is 1.40. The van der Waals surface area contributed by atoms with Crippen LogP contribution in [-0.4, -0.2) is 44.8 Å². The third-order valence-corrected chi connectivity index (χ3v) is 4.80. The van der Waals surface area contributed by atoms with Crippen LogP contribution in [0, 0.1) is 0 Å². The molecule has 1 aromatic heterocycles. The number of hydrogen-bond acceptors (Lipinski definition) is 4. The minimum absolute atomic E-state index is 0.0133. The van der Waals surface area contributed by atoms with Gasteiger partial charge in [0.25, 0.3) is 5.91 Å². The Morgan fingerprint density at radius 2 is 1.92 bits per heavy atom. The number of carbonyl (C=O) groups is 2. The lowest BCUT2D eigenvalue weighted by atomic mass is 10.2. The average molecular weight is 339 g/mol. The summed E-state index contributed by atoms with van der Waals surface area (Å²) in [6, 6.07) is 7.20. The van der Waals surface area contributed by atoms with E-state index in [1.165, 1.54) is 19.8 Å². The maximum Gasteiger partial charge on any atom is 0.253 e. The van der Waals surface area contributed by atoms with Gasteiger partial charge in [0, 0.05) is 43.4 Å². The van der Waals surface area contributed by atoms with E-state index in [0.717, 1.165) is 18.7 Å². The molecule has 25 heavy (non-hydrogen) atoms. The summed E-state index contributed by atoms with van der Waals surface area (Å²) in [5.74, 6) is 0.481. The molecule has 130 valence electrons. The maximum absolute atomic E-state index is 12.7. The summed E-state index contributed by atoms with van der Waals surface area (Å²) in [5.41, 5.74) is 2.41. The number of aromatic nitrogens is 3. The molecule has 7 nitrogen and oxygen atoms in total. The van der Waals surface area contributed by atoms with Crippen molar-refractivity contribution in [2.75, 3.05) is 18.4 Å². The summed E-state index contributed by atoms with van der Waals surface area (Å²) in [6.07, 6.45) is 5.35. The topological polar surface area (TPSA) is 80.1 Å². The molecule has 4 rings (SSSR count). The van der Waals surface area contributed by atoms with E-state index in [-0.39, 0.29) is 17.9 Å².